The predicted octanol–water partition coefficient (Wildman–Crippen LogP) is 7.15. The maximum atomic E-state index is 2.34. The van der Waals surface area contributed by atoms with E-state index in [-0.39, 0.29) is 5.92 Å². The van der Waals surface area contributed by atoms with Gasteiger partial charge in [0.25, 0.3) is 0 Å². The Morgan fingerprint density at radius 3 is 1.93 bits per heavy atom. The van der Waals surface area contributed by atoms with Gasteiger partial charge in [0.15, 0.2) is 0 Å². The van der Waals surface area contributed by atoms with Crippen molar-refractivity contribution in [3.63, 3.8) is 0 Å². The Bertz CT molecular complexity index is 1310. The van der Waals surface area contributed by atoms with E-state index in [2.05, 4.69) is 103 Å². The Kier molecular flexibility index (Phi) is 3.04. The molecular weight excluding hydrogens is 324 g/mol. The fraction of sp³-hybridized carbons (Fsp3) is 0.0370. The summed E-state index contributed by atoms with van der Waals surface area (Å²) in [5.74, 6) is 0.284. The molecule has 1 atom stereocenters. The molecule has 27 heavy (non-hydrogen) atoms. The summed E-state index contributed by atoms with van der Waals surface area (Å²) in [5, 5.41) is 5.34. The van der Waals surface area contributed by atoms with Gasteiger partial charge in [0.05, 0.1) is 0 Å². The molecule has 0 saturated carbocycles. The molecular formula is C27H18. The first-order valence-corrected chi connectivity index (χ1v) is 9.50. The van der Waals surface area contributed by atoms with Crippen LogP contribution in [0.3, 0.4) is 0 Å². The lowest BCUT2D eigenvalue weighted by atomic mass is 9.86. The maximum absolute atomic E-state index is 2.34. The summed E-state index contributed by atoms with van der Waals surface area (Å²) in [6, 6.07) is 37.7. The van der Waals surface area contributed by atoms with E-state index in [4.69, 9.17) is 0 Å². The Morgan fingerprint density at radius 1 is 0.481 bits per heavy atom. The lowest BCUT2D eigenvalue weighted by Gasteiger charge is -2.16. The molecule has 0 spiro atoms. The van der Waals surface area contributed by atoms with Crippen LogP contribution >= 0.6 is 0 Å². The molecule has 6 rings (SSSR count). The van der Waals surface area contributed by atoms with E-state index in [1.807, 2.05) is 0 Å². The smallest absolute Gasteiger partial charge is 0.0358 e. The average Bonchev–Trinajstić information content (AvgIpc) is 3.09. The molecule has 5 aromatic carbocycles. The molecule has 126 valence electrons. The van der Waals surface area contributed by atoms with Crippen molar-refractivity contribution in [2.75, 3.05) is 0 Å². The molecule has 0 radical (unpaired) electrons. The number of benzene rings is 5. The van der Waals surface area contributed by atoms with Crippen LogP contribution in [0.2, 0.25) is 0 Å². The summed E-state index contributed by atoms with van der Waals surface area (Å²) in [5.41, 5.74) is 7.03. The topological polar surface area (TPSA) is 0 Å². The van der Waals surface area contributed by atoms with Crippen LogP contribution in [-0.4, -0.2) is 0 Å². The minimum atomic E-state index is 0.284. The van der Waals surface area contributed by atoms with E-state index in [0.717, 1.165) is 0 Å². The first kappa shape index (κ1) is 14.8. The third-order valence-corrected chi connectivity index (χ3v) is 5.93. The van der Waals surface area contributed by atoms with Crippen LogP contribution in [-0.2, 0) is 0 Å². The van der Waals surface area contributed by atoms with Gasteiger partial charge in [0.1, 0.15) is 0 Å². The van der Waals surface area contributed by atoms with E-state index in [9.17, 15) is 0 Å². The summed E-state index contributed by atoms with van der Waals surface area (Å²) in [6.45, 7) is 0. The van der Waals surface area contributed by atoms with Gasteiger partial charge in [-0.1, -0.05) is 103 Å². The third-order valence-electron chi connectivity index (χ3n) is 5.93. The molecule has 0 aromatic heterocycles. The quantitative estimate of drug-likeness (QED) is 0.297. The minimum absolute atomic E-state index is 0.284. The van der Waals surface area contributed by atoms with Gasteiger partial charge < -0.3 is 0 Å². The zero-order valence-electron chi connectivity index (χ0n) is 14.9. The molecule has 0 N–H and O–H groups in total. The maximum Gasteiger partial charge on any atom is 0.0358 e. The van der Waals surface area contributed by atoms with Crippen molar-refractivity contribution in [2.24, 2.45) is 0 Å². The molecule has 0 nitrogen and oxygen atoms in total. The second kappa shape index (κ2) is 5.56. The van der Waals surface area contributed by atoms with Crippen molar-refractivity contribution in [1.82, 2.24) is 0 Å². The standard InChI is InChI=1S/C27H18/c1-2-10-20(11-3-1)25-23-16-14-18-8-4-6-12-21(18)26(23)24-17-15-19-9-5-7-13-22(19)27(24)25/h1-17,25H. The molecule has 1 unspecified atom stereocenters. The second-order valence-corrected chi connectivity index (χ2v) is 7.34. The zero-order valence-corrected chi connectivity index (χ0v) is 14.9. The molecule has 5 aromatic rings. The van der Waals surface area contributed by atoms with Crippen molar-refractivity contribution < 1.29 is 0 Å². The summed E-state index contributed by atoms with van der Waals surface area (Å²) >= 11 is 0. The molecule has 0 heterocycles. The van der Waals surface area contributed by atoms with Gasteiger partial charge in [-0.15, -0.1) is 0 Å². The molecule has 0 aliphatic heterocycles. The Balaban J connectivity index is 1.80. The molecule has 0 heteroatoms. The zero-order chi connectivity index (χ0) is 17.8. The van der Waals surface area contributed by atoms with Crippen molar-refractivity contribution in [1.29, 1.82) is 0 Å². The van der Waals surface area contributed by atoms with Crippen molar-refractivity contribution in [3.8, 4) is 11.1 Å². The SMILES string of the molecule is c1ccc(C2c3ccc4ccccc4c3-c3ccc4ccccc4c32)cc1. The number of hydrogen-bond acceptors (Lipinski definition) is 0. The molecule has 0 fully saturated rings. The largest absolute Gasteiger partial charge is 0.0622 e. The van der Waals surface area contributed by atoms with Gasteiger partial charge in [-0.3, -0.25) is 0 Å². The lowest BCUT2D eigenvalue weighted by Crippen LogP contribution is -1.99. The van der Waals surface area contributed by atoms with E-state index >= 15 is 0 Å². The normalized spacial score (nSPS) is 15.0. The van der Waals surface area contributed by atoms with Gasteiger partial charge in [0.2, 0.25) is 0 Å². The highest BCUT2D eigenvalue weighted by Crippen LogP contribution is 2.52. The Morgan fingerprint density at radius 2 is 1.11 bits per heavy atom. The number of rotatable bonds is 1. The summed E-state index contributed by atoms with van der Waals surface area (Å²) in [6.07, 6.45) is 0. The van der Waals surface area contributed by atoms with Crippen molar-refractivity contribution in [3.05, 3.63) is 120 Å². The highest BCUT2D eigenvalue weighted by Gasteiger charge is 2.32. The van der Waals surface area contributed by atoms with Crippen molar-refractivity contribution >= 4 is 21.5 Å². The monoisotopic (exact) mass is 342 g/mol. The molecule has 0 bridgehead atoms. The number of hydrogen-bond donors (Lipinski definition) is 0. The second-order valence-electron chi connectivity index (χ2n) is 7.34. The molecule has 0 amide bonds. The van der Waals surface area contributed by atoms with E-state index in [1.54, 1.807) is 0 Å². The van der Waals surface area contributed by atoms with Gasteiger partial charge in [0, 0.05) is 5.92 Å². The van der Waals surface area contributed by atoms with Crippen LogP contribution in [0.15, 0.2) is 103 Å². The van der Waals surface area contributed by atoms with E-state index in [0.29, 0.717) is 0 Å². The van der Waals surface area contributed by atoms with Crippen LogP contribution < -0.4 is 0 Å². The third kappa shape index (κ3) is 2.04. The fourth-order valence-corrected chi connectivity index (χ4v) is 4.80. The van der Waals surface area contributed by atoms with Crippen LogP contribution in [0.5, 0.6) is 0 Å². The van der Waals surface area contributed by atoms with Gasteiger partial charge in [-0.25, -0.2) is 0 Å². The summed E-state index contributed by atoms with van der Waals surface area (Å²) < 4.78 is 0. The van der Waals surface area contributed by atoms with E-state index in [1.165, 1.54) is 49.4 Å². The predicted molar refractivity (Wildman–Crippen MR) is 114 cm³/mol. The summed E-state index contributed by atoms with van der Waals surface area (Å²) in [4.78, 5) is 0. The van der Waals surface area contributed by atoms with Gasteiger partial charge in [-0.05, 0) is 49.4 Å². The van der Waals surface area contributed by atoms with Crippen LogP contribution in [0.25, 0.3) is 32.7 Å². The summed E-state index contributed by atoms with van der Waals surface area (Å²) in [7, 11) is 0. The average molecular weight is 342 g/mol. The van der Waals surface area contributed by atoms with Gasteiger partial charge in [-0.2, -0.15) is 0 Å². The fourth-order valence-electron chi connectivity index (χ4n) is 4.80. The molecule has 1 aliphatic carbocycles. The van der Waals surface area contributed by atoms with E-state index < -0.39 is 0 Å². The minimum Gasteiger partial charge on any atom is -0.0622 e. The molecule has 1 aliphatic rings. The van der Waals surface area contributed by atoms with Crippen LogP contribution in [0.1, 0.15) is 22.6 Å². The highest BCUT2D eigenvalue weighted by molar-refractivity contribution is 6.06. The Hall–Kier alpha value is -3.38. The first-order chi connectivity index (χ1) is 13.4. The van der Waals surface area contributed by atoms with Crippen LogP contribution in [0.4, 0.5) is 0 Å². The number of fused-ring (bicyclic) bond motifs is 7. The Labute approximate surface area is 158 Å². The van der Waals surface area contributed by atoms with Gasteiger partial charge >= 0.3 is 0 Å². The van der Waals surface area contributed by atoms with Crippen molar-refractivity contribution in [2.45, 2.75) is 5.92 Å². The first-order valence-electron chi connectivity index (χ1n) is 9.50. The highest BCUT2D eigenvalue weighted by atomic mass is 14.3. The molecule has 0 saturated heterocycles. The lowest BCUT2D eigenvalue weighted by molar-refractivity contribution is 1.03. The van der Waals surface area contributed by atoms with Crippen LogP contribution in [0, 0.1) is 0 Å².